The predicted molar refractivity (Wildman–Crippen MR) is 182 cm³/mol. The highest BCUT2D eigenvalue weighted by atomic mass is 35.5. The zero-order chi connectivity index (χ0) is 33.1. The molecule has 2 atom stereocenters. The van der Waals surface area contributed by atoms with Crippen molar-refractivity contribution in [2.75, 3.05) is 32.0 Å². The molecule has 1 aliphatic rings. The third-order valence-electron chi connectivity index (χ3n) is 7.83. The highest BCUT2D eigenvalue weighted by Gasteiger charge is 2.42. The molecule has 11 nitrogen and oxygen atoms in total. The summed E-state index contributed by atoms with van der Waals surface area (Å²) in [5.41, 5.74) is 1.89. The van der Waals surface area contributed by atoms with Crippen molar-refractivity contribution in [3.05, 3.63) is 95.6 Å². The highest BCUT2D eigenvalue weighted by molar-refractivity contribution is 7.90. The Bertz CT molecular complexity index is 1960. The van der Waals surface area contributed by atoms with Crippen molar-refractivity contribution in [2.24, 2.45) is 0 Å². The molecule has 0 saturated carbocycles. The summed E-state index contributed by atoms with van der Waals surface area (Å²) in [6.45, 7) is 2.86. The summed E-state index contributed by atoms with van der Waals surface area (Å²) in [5, 5.41) is 1.99. The first kappa shape index (κ1) is 36.2. The first-order valence-electron chi connectivity index (χ1n) is 14.6. The van der Waals surface area contributed by atoms with Gasteiger partial charge < -0.3 is 9.64 Å². The van der Waals surface area contributed by atoms with Gasteiger partial charge in [-0.15, -0.1) is 12.4 Å². The van der Waals surface area contributed by atoms with Gasteiger partial charge in [0.1, 0.15) is 0 Å². The maximum atomic E-state index is 14.0. The van der Waals surface area contributed by atoms with Gasteiger partial charge in [-0.2, -0.15) is 4.31 Å². The van der Waals surface area contributed by atoms with Gasteiger partial charge in [-0.1, -0.05) is 41.9 Å². The van der Waals surface area contributed by atoms with Crippen LogP contribution in [-0.2, 0) is 29.6 Å². The molecule has 1 aromatic heterocycles. The van der Waals surface area contributed by atoms with E-state index in [2.05, 4.69) is 9.71 Å². The Morgan fingerprint density at radius 1 is 0.957 bits per heavy atom. The Morgan fingerprint density at radius 2 is 1.66 bits per heavy atom. The summed E-state index contributed by atoms with van der Waals surface area (Å²) in [6.07, 6.45) is 1.67. The fraction of sp³-hybridized carbons (Fsp3) is 0.281. The molecule has 5 rings (SSSR count). The first-order chi connectivity index (χ1) is 21.9. The number of hydrogen-bond acceptors (Lipinski definition) is 8. The number of benzene rings is 3. The van der Waals surface area contributed by atoms with Crippen molar-refractivity contribution >= 4 is 66.7 Å². The highest BCUT2D eigenvalue weighted by Crippen LogP contribution is 2.29. The number of rotatable bonds is 10. The van der Waals surface area contributed by atoms with Gasteiger partial charge in [-0.25, -0.2) is 21.6 Å². The molecule has 1 saturated heterocycles. The first-order valence-corrected chi connectivity index (χ1v) is 18.0. The molecule has 4 aromatic rings. The zero-order valence-corrected chi connectivity index (χ0v) is 28.8. The molecule has 0 aliphatic carbocycles. The number of fused-ring (bicyclic) bond motifs is 1. The predicted octanol–water partition coefficient (Wildman–Crippen LogP) is 4.36. The number of piperazine rings is 1. The summed E-state index contributed by atoms with van der Waals surface area (Å²) in [7, 11) is -8.23. The Hall–Kier alpha value is -3.59. The van der Waals surface area contributed by atoms with Crippen LogP contribution in [0.1, 0.15) is 24.2 Å². The smallest absolute Gasteiger partial charge is 0.322 e. The van der Waals surface area contributed by atoms with Crippen LogP contribution in [0.15, 0.2) is 90.0 Å². The fourth-order valence-electron chi connectivity index (χ4n) is 5.49. The average molecular weight is 722 g/mol. The summed E-state index contributed by atoms with van der Waals surface area (Å²) in [4.78, 5) is 31.6. The van der Waals surface area contributed by atoms with Gasteiger partial charge in [-0.05, 0) is 73.2 Å². The molecule has 0 radical (unpaired) electrons. The van der Waals surface area contributed by atoms with Gasteiger partial charge in [0, 0.05) is 48.0 Å². The third-order valence-corrected chi connectivity index (χ3v) is 11.3. The number of ether oxygens (including phenoxy) is 1. The van der Waals surface area contributed by atoms with E-state index in [-0.39, 0.29) is 43.5 Å². The van der Waals surface area contributed by atoms with Crippen LogP contribution >= 0.6 is 24.0 Å². The van der Waals surface area contributed by atoms with Crippen molar-refractivity contribution in [1.82, 2.24) is 18.9 Å². The molecule has 250 valence electrons. The van der Waals surface area contributed by atoms with Crippen molar-refractivity contribution < 1.29 is 31.2 Å². The van der Waals surface area contributed by atoms with E-state index < -0.39 is 49.8 Å². The summed E-state index contributed by atoms with van der Waals surface area (Å²) in [6, 6.07) is 20.5. The number of pyridine rings is 1. The van der Waals surface area contributed by atoms with Gasteiger partial charge in [-0.3, -0.25) is 14.6 Å². The monoisotopic (exact) mass is 720 g/mol. The fourth-order valence-corrected chi connectivity index (χ4v) is 8.28. The van der Waals surface area contributed by atoms with Crippen LogP contribution < -0.4 is 4.72 Å². The van der Waals surface area contributed by atoms with Gasteiger partial charge >= 0.3 is 5.97 Å². The van der Waals surface area contributed by atoms with Crippen LogP contribution in [0.2, 0.25) is 5.02 Å². The standard InChI is InChI=1S/C32H33ClN4O7S2.ClH/c1-3-44-31(38)21-45(40,41)35-20-30-22(2)37(46(42,43)28-14-12-25-18-27(33)13-11-26(25)19-28)17-16-36(30)32(39)24-9-7-23(8-10-24)29-6-4-5-15-34-29;/h4-15,18-19,22,30,35H,3,16-17,20-21H2,1-2H3;1H. The molecule has 2 heterocycles. The minimum Gasteiger partial charge on any atom is -0.465 e. The molecule has 0 bridgehead atoms. The molecule has 3 aromatic carbocycles. The van der Waals surface area contributed by atoms with Crippen LogP contribution in [-0.4, -0.2) is 87.0 Å². The number of sulfonamides is 2. The minimum absolute atomic E-state index is 0. The Morgan fingerprint density at radius 3 is 2.34 bits per heavy atom. The van der Waals surface area contributed by atoms with E-state index in [0.717, 1.165) is 16.6 Å². The number of nitrogens with zero attached hydrogens (tertiary/aromatic N) is 3. The number of carbonyl (C=O) groups excluding carboxylic acids is 2. The van der Waals surface area contributed by atoms with Crippen LogP contribution in [0.3, 0.4) is 0 Å². The van der Waals surface area contributed by atoms with E-state index in [4.69, 9.17) is 16.3 Å². The van der Waals surface area contributed by atoms with Crippen molar-refractivity contribution in [2.45, 2.75) is 30.8 Å². The number of carbonyl (C=O) groups is 2. The molecule has 1 aliphatic heterocycles. The quantitative estimate of drug-likeness (QED) is 0.238. The van der Waals surface area contributed by atoms with Crippen LogP contribution in [0.5, 0.6) is 0 Å². The average Bonchev–Trinajstić information content (AvgIpc) is 3.03. The largest absolute Gasteiger partial charge is 0.465 e. The molecule has 1 fully saturated rings. The minimum atomic E-state index is -4.16. The molecule has 2 unspecified atom stereocenters. The summed E-state index contributed by atoms with van der Waals surface area (Å²) >= 11 is 6.09. The number of aromatic nitrogens is 1. The second-order valence-corrected chi connectivity index (χ2v) is 14.9. The molecule has 47 heavy (non-hydrogen) atoms. The second-order valence-electron chi connectivity index (χ2n) is 10.8. The topological polar surface area (TPSA) is 143 Å². The van der Waals surface area contributed by atoms with Crippen LogP contribution in [0, 0.1) is 0 Å². The van der Waals surface area contributed by atoms with E-state index in [1.807, 2.05) is 12.1 Å². The molecule has 1 amide bonds. The Kier molecular flexibility index (Phi) is 11.6. The Labute approximate surface area is 285 Å². The maximum absolute atomic E-state index is 14.0. The lowest BCUT2D eigenvalue weighted by Crippen LogP contribution is -2.64. The van der Waals surface area contributed by atoms with Crippen molar-refractivity contribution in [3.8, 4) is 11.3 Å². The van der Waals surface area contributed by atoms with Crippen molar-refractivity contribution in [3.63, 3.8) is 0 Å². The number of amides is 1. The lowest BCUT2D eigenvalue weighted by atomic mass is 10.0. The maximum Gasteiger partial charge on any atom is 0.322 e. The lowest BCUT2D eigenvalue weighted by Gasteiger charge is -2.45. The molecule has 1 N–H and O–H groups in total. The normalized spacial score (nSPS) is 17.2. The zero-order valence-electron chi connectivity index (χ0n) is 25.6. The number of halogens is 2. The van der Waals surface area contributed by atoms with E-state index in [1.54, 1.807) is 80.7 Å². The number of nitrogens with one attached hydrogen (secondary N) is 1. The molecule has 0 spiro atoms. The molecular weight excluding hydrogens is 687 g/mol. The SMILES string of the molecule is CCOC(=O)CS(=O)(=O)NCC1C(C)N(S(=O)(=O)c2ccc3cc(Cl)ccc3c2)CCN1C(=O)c1ccc(-c2ccccn2)cc1.Cl. The van der Waals surface area contributed by atoms with Gasteiger partial charge in [0.2, 0.25) is 20.0 Å². The van der Waals surface area contributed by atoms with E-state index in [9.17, 15) is 26.4 Å². The number of esters is 1. The van der Waals surface area contributed by atoms with Crippen molar-refractivity contribution in [1.29, 1.82) is 0 Å². The van der Waals surface area contributed by atoms with Gasteiger partial charge in [0.05, 0.1) is 23.2 Å². The lowest BCUT2D eigenvalue weighted by molar-refractivity contribution is -0.139. The van der Waals surface area contributed by atoms with Gasteiger partial charge in [0.25, 0.3) is 5.91 Å². The van der Waals surface area contributed by atoms with Gasteiger partial charge in [0.15, 0.2) is 5.75 Å². The van der Waals surface area contributed by atoms with Crippen LogP contribution in [0.25, 0.3) is 22.0 Å². The second kappa shape index (κ2) is 15.1. The summed E-state index contributed by atoms with van der Waals surface area (Å²) in [5.74, 6) is -2.23. The van der Waals surface area contributed by atoms with Crippen LogP contribution in [0.4, 0.5) is 0 Å². The van der Waals surface area contributed by atoms with E-state index in [0.29, 0.717) is 16.0 Å². The van der Waals surface area contributed by atoms with E-state index >= 15 is 0 Å². The molecule has 15 heteroatoms. The Balaban J connectivity index is 0.00000500. The van der Waals surface area contributed by atoms with E-state index in [1.165, 1.54) is 15.3 Å². The summed E-state index contributed by atoms with van der Waals surface area (Å²) < 4.78 is 61.9. The number of hydrogen-bond donors (Lipinski definition) is 1. The third kappa shape index (κ3) is 8.29. The molecular formula is C32H34Cl2N4O7S2.